The van der Waals surface area contributed by atoms with Gasteiger partial charge in [-0.3, -0.25) is 14.9 Å². The monoisotopic (exact) mass is 296 g/mol. The molecule has 0 saturated carbocycles. The molecule has 0 saturated heterocycles. The molecule has 1 amide bonds. The van der Waals surface area contributed by atoms with Crippen LogP contribution < -0.4 is 11.1 Å². The summed E-state index contributed by atoms with van der Waals surface area (Å²) in [6, 6.07) is 4.08. The van der Waals surface area contributed by atoms with E-state index in [1.54, 1.807) is 0 Å². The van der Waals surface area contributed by atoms with E-state index >= 15 is 0 Å². The molecule has 0 spiro atoms. The summed E-state index contributed by atoms with van der Waals surface area (Å²) in [5.74, 6) is -0.698. The van der Waals surface area contributed by atoms with Crippen molar-refractivity contribution < 1.29 is 14.5 Å². The fourth-order valence-electron chi connectivity index (χ4n) is 1.59. The minimum absolute atomic E-state index is 0.106. The highest BCUT2D eigenvalue weighted by Gasteiger charge is 2.16. The summed E-state index contributed by atoms with van der Waals surface area (Å²) in [6.07, 6.45) is 0. The molecule has 0 radical (unpaired) electrons. The number of hydrogen-bond donors (Lipinski definition) is 2. The second-order valence-electron chi connectivity index (χ2n) is 4.70. The summed E-state index contributed by atoms with van der Waals surface area (Å²) in [5, 5.41) is 13.9. The molecule has 0 heterocycles. The van der Waals surface area contributed by atoms with Crippen molar-refractivity contribution in [1.29, 1.82) is 0 Å². The normalized spacial score (nSPS) is 10.6. The Bertz CT molecular complexity index is 505. The lowest BCUT2D eigenvalue weighted by Gasteiger charge is -2.11. The molecule has 1 aromatic carbocycles. The highest BCUT2D eigenvalue weighted by atomic mass is 16.6. The number of hydrogen-bond acceptors (Lipinski definition) is 6. The SMILES string of the molecule is CN(C)CCOCCNc1ccc(C(N)=O)cc1[N+](=O)[O-]. The van der Waals surface area contributed by atoms with Crippen LogP contribution in [0.4, 0.5) is 11.4 Å². The molecule has 116 valence electrons. The highest BCUT2D eigenvalue weighted by Crippen LogP contribution is 2.25. The molecule has 3 N–H and O–H groups in total. The van der Waals surface area contributed by atoms with E-state index in [1.165, 1.54) is 12.1 Å². The fraction of sp³-hybridized carbons (Fsp3) is 0.462. The predicted molar refractivity (Wildman–Crippen MR) is 79.5 cm³/mol. The first-order valence-corrected chi connectivity index (χ1v) is 6.46. The predicted octanol–water partition coefficient (Wildman–Crippen LogP) is 0.684. The second-order valence-corrected chi connectivity index (χ2v) is 4.70. The lowest BCUT2D eigenvalue weighted by Crippen LogP contribution is -2.20. The lowest BCUT2D eigenvalue weighted by molar-refractivity contribution is -0.384. The summed E-state index contributed by atoms with van der Waals surface area (Å²) < 4.78 is 5.38. The number of carbonyl (C=O) groups is 1. The molecule has 0 aliphatic carbocycles. The molecule has 0 aliphatic rings. The van der Waals surface area contributed by atoms with Crippen LogP contribution in [0.25, 0.3) is 0 Å². The van der Waals surface area contributed by atoms with Crippen molar-refractivity contribution in [3.63, 3.8) is 0 Å². The smallest absolute Gasteiger partial charge is 0.293 e. The molecule has 8 heteroatoms. The zero-order chi connectivity index (χ0) is 15.8. The van der Waals surface area contributed by atoms with E-state index in [4.69, 9.17) is 10.5 Å². The van der Waals surface area contributed by atoms with Gasteiger partial charge in [0.2, 0.25) is 5.91 Å². The third kappa shape index (κ3) is 5.76. The van der Waals surface area contributed by atoms with Gasteiger partial charge >= 0.3 is 0 Å². The van der Waals surface area contributed by atoms with Crippen LogP contribution in [-0.2, 0) is 4.74 Å². The molecule has 1 rings (SSSR count). The van der Waals surface area contributed by atoms with E-state index in [0.717, 1.165) is 12.6 Å². The van der Waals surface area contributed by atoms with Gasteiger partial charge in [0.15, 0.2) is 0 Å². The van der Waals surface area contributed by atoms with Crippen LogP contribution in [0.15, 0.2) is 18.2 Å². The summed E-state index contributed by atoms with van der Waals surface area (Å²) in [7, 11) is 3.90. The van der Waals surface area contributed by atoms with E-state index in [0.29, 0.717) is 25.4 Å². The van der Waals surface area contributed by atoms with Crippen LogP contribution in [0.3, 0.4) is 0 Å². The Morgan fingerprint density at radius 2 is 2.14 bits per heavy atom. The maximum atomic E-state index is 11.0. The van der Waals surface area contributed by atoms with Crippen LogP contribution in [0.2, 0.25) is 0 Å². The Balaban J connectivity index is 2.54. The average molecular weight is 296 g/mol. The summed E-state index contributed by atoms with van der Waals surface area (Å²) in [5.41, 5.74) is 5.37. The van der Waals surface area contributed by atoms with E-state index in [9.17, 15) is 14.9 Å². The number of likely N-dealkylation sites (N-methyl/N-ethyl adjacent to an activating group) is 1. The summed E-state index contributed by atoms with van der Waals surface area (Å²) in [4.78, 5) is 23.5. The number of rotatable bonds is 9. The number of amides is 1. The Labute approximate surface area is 123 Å². The number of carbonyl (C=O) groups excluding carboxylic acids is 1. The first-order valence-electron chi connectivity index (χ1n) is 6.46. The maximum absolute atomic E-state index is 11.0. The van der Waals surface area contributed by atoms with Crippen LogP contribution in [0, 0.1) is 10.1 Å². The first-order chi connectivity index (χ1) is 9.91. The molecule has 0 fully saturated rings. The van der Waals surface area contributed by atoms with Gasteiger partial charge < -0.3 is 20.7 Å². The minimum atomic E-state index is -0.698. The standard InChI is InChI=1S/C13H20N4O4/c1-16(2)6-8-21-7-5-15-11-4-3-10(13(14)18)9-12(11)17(19)20/h3-4,9,15H,5-8H2,1-2H3,(H2,14,18). The zero-order valence-corrected chi connectivity index (χ0v) is 12.2. The van der Waals surface area contributed by atoms with E-state index in [-0.39, 0.29) is 11.3 Å². The van der Waals surface area contributed by atoms with Gasteiger partial charge in [0.25, 0.3) is 5.69 Å². The average Bonchev–Trinajstić information content (AvgIpc) is 2.42. The van der Waals surface area contributed by atoms with E-state index in [2.05, 4.69) is 5.32 Å². The van der Waals surface area contributed by atoms with Crippen LogP contribution >= 0.6 is 0 Å². The number of primary amides is 1. The number of nitro benzene ring substituents is 1. The number of nitrogens with zero attached hydrogens (tertiary/aromatic N) is 2. The Morgan fingerprint density at radius 1 is 1.43 bits per heavy atom. The number of anilines is 1. The summed E-state index contributed by atoms with van der Waals surface area (Å²) in [6.45, 7) is 2.28. The molecule has 0 unspecified atom stereocenters. The van der Waals surface area contributed by atoms with E-state index < -0.39 is 10.8 Å². The molecule has 1 aromatic rings. The Kier molecular flexibility index (Phi) is 6.57. The maximum Gasteiger partial charge on any atom is 0.293 e. The molecule has 0 atom stereocenters. The van der Waals surface area contributed by atoms with Crippen LogP contribution in [0.5, 0.6) is 0 Å². The lowest BCUT2D eigenvalue weighted by atomic mass is 10.1. The van der Waals surface area contributed by atoms with E-state index in [1.807, 2.05) is 19.0 Å². The molecular weight excluding hydrogens is 276 g/mol. The van der Waals surface area contributed by atoms with Crippen molar-refractivity contribution in [3.05, 3.63) is 33.9 Å². The van der Waals surface area contributed by atoms with Crippen molar-refractivity contribution in [3.8, 4) is 0 Å². The molecular formula is C13H20N4O4. The minimum Gasteiger partial charge on any atom is -0.378 e. The first kappa shape index (κ1) is 16.9. The van der Waals surface area contributed by atoms with Gasteiger partial charge in [0.1, 0.15) is 5.69 Å². The second kappa shape index (κ2) is 8.18. The summed E-state index contributed by atoms with van der Waals surface area (Å²) >= 11 is 0. The molecule has 0 aliphatic heterocycles. The number of nitrogens with one attached hydrogen (secondary N) is 1. The number of benzene rings is 1. The number of ether oxygens (including phenoxy) is 1. The van der Waals surface area contributed by atoms with Gasteiger partial charge in [0.05, 0.1) is 18.1 Å². The molecule has 21 heavy (non-hydrogen) atoms. The van der Waals surface area contributed by atoms with Crippen molar-refractivity contribution in [2.75, 3.05) is 45.7 Å². The molecule has 0 bridgehead atoms. The highest BCUT2D eigenvalue weighted by molar-refractivity contribution is 5.94. The third-order valence-electron chi connectivity index (χ3n) is 2.72. The zero-order valence-electron chi connectivity index (χ0n) is 12.2. The van der Waals surface area contributed by atoms with Crippen LogP contribution in [0.1, 0.15) is 10.4 Å². The third-order valence-corrected chi connectivity index (χ3v) is 2.72. The molecule has 8 nitrogen and oxygen atoms in total. The topological polar surface area (TPSA) is 111 Å². The van der Waals surface area contributed by atoms with Crippen molar-refractivity contribution in [1.82, 2.24) is 4.90 Å². The number of nitro groups is 1. The van der Waals surface area contributed by atoms with Crippen molar-refractivity contribution in [2.24, 2.45) is 5.73 Å². The van der Waals surface area contributed by atoms with Gasteiger partial charge in [-0.15, -0.1) is 0 Å². The van der Waals surface area contributed by atoms with Gasteiger partial charge in [-0.1, -0.05) is 0 Å². The van der Waals surface area contributed by atoms with Crippen molar-refractivity contribution >= 4 is 17.3 Å². The van der Waals surface area contributed by atoms with Gasteiger partial charge in [-0.25, -0.2) is 0 Å². The van der Waals surface area contributed by atoms with Crippen LogP contribution in [-0.4, -0.2) is 56.1 Å². The van der Waals surface area contributed by atoms with Gasteiger partial charge in [-0.2, -0.15) is 0 Å². The van der Waals surface area contributed by atoms with Gasteiger partial charge in [0, 0.05) is 24.7 Å². The number of nitrogens with two attached hydrogens (primary N) is 1. The fourth-order valence-corrected chi connectivity index (χ4v) is 1.59. The quantitative estimate of drug-likeness (QED) is 0.394. The van der Waals surface area contributed by atoms with Crippen molar-refractivity contribution in [2.45, 2.75) is 0 Å². The Morgan fingerprint density at radius 3 is 2.71 bits per heavy atom. The Hall–Kier alpha value is -2.19. The largest absolute Gasteiger partial charge is 0.378 e. The van der Waals surface area contributed by atoms with Gasteiger partial charge in [-0.05, 0) is 26.2 Å². The molecule has 0 aromatic heterocycles.